The SMILES string of the molecule is O=C(CNC(=O)c1ccc(F)cc1)NNC(=O)c1csc(N2CCOCC2)n1. The number of nitrogens with one attached hydrogen (secondary N) is 3. The third-order valence-corrected chi connectivity index (χ3v) is 4.74. The second kappa shape index (κ2) is 9.24. The van der Waals surface area contributed by atoms with Crippen LogP contribution in [0.1, 0.15) is 20.8 Å². The molecule has 3 rings (SSSR count). The number of hydrogen-bond acceptors (Lipinski definition) is 7. The molecule has 0 radical (unpaired) electrons. The molecule has 2 heterocycles. The normalized spacial score (nSPS) is 13.7. The number of anilines is 1. The maximum absolute atomic E-state index is 12.8. The molecule has 1 saturated heterocycles. The molecule has 1 fully saturated rings. The number of thiazole rings is 1. The summed E-state index contributed by atoms with van der Waals surface area (Å²) in [5.74, 6) is -2.17. The third kappa shape index (κ3) is 5.24. The Morgan fingerprint density at radius 3 is 2.54 bits per heavy atom. The van der Waals surface area contributed by atoms with E-state index in [-0.39, 0.29) is 17.8 Å². The fourth-order valence-corrected chi connectivity index (χ4v) is 3.23. The summed E-state index contributed by atoms with van der Waals surface area (Å²) in [6, 6.07) is 4.90. The van der Waals surface area contributed by atoms with Gasteiger partial charge in [0.15, 0.2) is 5.13 Å². The quantitative estimate of drug-likeness (QED) is 0.615. The molecule has 1 aliphatic rings. The number of morpholine rings is 1. The summed E-state index contributed by atoms with van der Waals surface area (Å²) < 4.78 is 18.1. The zero-order valence-corrected chi connectivity index (χ0v) is 15.6. The topological polar surface area (TPSA) is 113 Å². The highest BCUT2D eigenvalue weighted by molar-refractivity contribution is 7.13. The summed E-state index contributed by atoms with van der Waals surface area (Å²) in [5, 5.41) is 4.69. The molecule has 3 N–H and O–H groups in total. The summed E-state index contributed by atoms with van der Waals surface area (Å²) in [6.07, 6.45) is 0. The van der Waals surface area contributed by atoms with Crippen molar-refractivity contribution in [3.8, 4) is 0 Å². The molecule has 0 aliphatic carbocycles. The molecular formula is C17H18FN5O4S. The molecule has 11 heteroatoms. The minimum Gasteiger partial charge on any atom is -0.378 e. The van der Waals surface area contributed by atoms with Crippen LogP contribution in [0.3, 0.4) is 0 Å². The van der Waals surface area contributed by atoms with Crippen LogP contribution < -0.4 is 21.1 Å². The van der Waals surface area contributed by atoms with E-state index in [1.54, 1.807) is 5.38 Å². The number of hydrazine groups is 1. The number of halogens is 1. The Bertz CT molecular complexity index is 851. The average Bonchev–Trinajstić information content (AvgIpc) is 3.22. The Kier molecular flexibility index (Phi) is 6.50. The van der Waals surface area contributed by atoms with Crippen LogP contribution in [0.4, 0.5) is 9.52 Å². The Labute approximate surface area is 163 Å². The van der Waals surface area contributed by atoms with Crippen molar-refractivity contribution in [3.05, 3.63) is 46.7 Å². The van der Waals surface area contributed by atoms with Gasteiger partial charge in [0, 0.05) is 24.0 Å². The Morgan fingerprint density at radius 1 is 1.11 bits per heavy atom. The maximum atomic E-state index is 12.8. The number of benzene rings is 1. The predicted octanol–water partition coefficient (Wildman–Crippen LogP) is 0.310. The van der Waals surface area contributed by atoms with Gasteiger partial charge in [0.2, 0.25) is 0 Å². The van der Waals surface area contributed by atoms with Crippen molar-refractivity contribution in [2.24, 2.45) is 0 Å². The van der Waals surface area contributed by atoms with Gasteiger partial charge in [-0.1, -0.05) is 0 Å². The third-order valence-electron chi connectivity index (χ3n) is 3.84. The first kappa shape index (κ1) is 19.7. The van der Waals surface area contributed by atoms with Crippen molar-refractivity contribution in [1.29, 1.82) is 0 Å². The summed E-state index contributed by atoms with van der Waals surface area (Å²) in [7, 11) is 0. The van der Waals surface area contributed by atoms with E-state index in [1.165, 1.54) is 23.5 Å². The van der Waals surface area contributed by atoms with Crippen LogP contribution in [0.2, 0.25) is 0 Å². The molecular weight excluding hydrogens is 389 g/mol. The maximum Gasteiger partial charge on any atom is 0.289 e. The van der Waals surface area contributed by atoms with E-state index in [1.807, 2.05) is 4.90 Å². The molecule has 2 aromatic rings. The van der Waals surface area contributed by atoms with Gasteiger partial charge < -0.3 is 15.0 Å². The van der Waals surface area contributed by atoms with Crippen LogP contribution in [0.15, 0.2) is 29.6 Å². The second-order valence-corrected chi connectivity index (χ2v) is 6.64. The van der Waals surface area contributed by atoms with Gasteiger partial charge in [0.25, 0.3) is 17.7 Å². The summed E-state index contributed by atoms with van der Waals surface area (Å²) >= 11 is 1.33. The second-order valence-electron chi connectivity index (χ2n) is 5.81. The predicted molar refractivity (Wildman–Crippen MR) is 99.5 cm³/mol. The van der Waals surface area contributed by atoms with E-state index in [9.17, 15) is 18.8 Å². The van der Waals surface area contributed by atoms with Gasteiger partial charge in [-0.3, -0.25) is 25.2 Å². The molecule has 0 atom stereocenters. The number of nitrogens with zero attached hydrogens (tertiary/aromatic N) is 2. The van der Waals surface area contributed by atoms with Gasteiger partial charge in [-0.15, -0.1) is 11.3 Å². The lowest BCUT2D eigenvalue weighted by molar-refractivity contribution is -0.120. The fourth-order valence-electron chi connectivity index (χ4n) is 2.37. The molecule has 1 aromatic carbocycles. The summed E-state index contributed by atoms with van der Waals surface area (Å²) in [6.45, 7) is 2.28. The minimum absolute atomic E-state index is 0.183. The van der Waals surface area contributed by atoms with Crippen LogP contribution in [0.5, 0.6) is 0 Å². The van der Waals surface area contributed by atoms with Crippen LogP contribution in [-0.2, 0) is 9.53 Å². The number of rotatable bonds is 5. The first-order valence-electron chi connectivity index (χ1n) is 8.44. The molecule has 148 valence electrons. The number of amides is 3. The van der Waals surface area contributed by atoms with Gasteiger partial charge in [0.1, 0.15) is 11.5 Å². The highest BCUT2D eigenvalue weighted by Crippen LogP contribution is 2.21. The number of carbonyl (C=O) groups is 3. The van der Waals surface area contributed by atoms with E-state index in [2.05, 4.69) is 21.2 Å². The molecule has 0 unspecified atom stereocenters. The van der Waals surface area contributed by atoms with Gasteiger partial charge in [-0.05, 0) is 24.3 Å². The molecule has 0 spiro atoms. The Balaban J connectivity index is 1.42. The Morgan fingerprint density at radius 2 is 1.82 bits per heavy atom. The lowest BCUT2D eigenvalue weighted by Crippen LogP contribution is -2.46. The van der Waals surface area contributed by atoms with Crippen molar-refractivity contribution in [2.75, 3.05) is 37.7 Å². The first-order valence-corrected chi connectivity index (χ1v) is 9.32. The number of hydrogen-bond donors (Lipinski definition) is 3. The van der Waals surface area contributed by atoms with Crippen LogP contribution in [-0.4, -0.2) is 55.6 Å². The van der Waals surface area contributed by atoms with Gasteiger partial charge >= 0.3 is 0 Å². The zero-order chi connectivity index (χ0) is 19.9. The van der Waals surface area contributed by atoms with E-state index in [0.717, 1.165) is 12.1 Å². The van der Waals surface area contributed by atoms with Crippen molar-refractivity contribution >= 4 is 34.2 Å². The van der Waals surface area contributed by atoms with Crippen molar-refractivity contribution < 1.29 is 23.5 Å². The number of carbonyl (C=O) groups excluding carboxylic acids is 3. The van der Waals surface area contributed by atoms with Crippen LogP contribution in [0, 0.1) is 5.82 Å². The lowest BCUT2D eigenvalue weighted by atomic mass is 10.2. The molecule has 1 aromatic heterocycles. The van der Waals surface area contributed by atoms with Crippen molar-refractivity contribution in [3.63, 3.8) is 0 Å². The molecule has 1 aliphatic heterocycles. The monoisotopic (exact) mass is 407 g/mol. The largest absolute Gasteiger partial charge is 0.378 e. The van der Waals surface area contributed by atoms with E-state index in [0.29, 0.717) is 31.4 Å². The van der Waals surface area contributed by atoms with E-state index >= 15 is 0 Å². The minimum atomic E-state index is -0.618. The van der Waals surface area contributed by atoms with Crippen LogP contribution in [0.25, 0.3) is 0 Å². The number of ether oxygens (including phenoxy) is 1. The summed E-state index contributed by atoms with van der Waals surface area (Å²) in [4.78, 5) is 42.0. The summed E-state index contributed by atoms with van der Waals surface area (Å²) in [5.41, 5.74) is 4.85. The molecule has 0 bridgehead atoms. The number of aromatic nitrogens is 1. The zero-order valence-electron chi connectivity index (χ0n) is 14.7. The molecule has 28 heavy (non-hydrogen) atoms. The van der Waals surface area contributed by atoms with E-state index < -0.39 is 23.5 Å². The highest BCUT2D eigenvalue weighted by atomic mass is 32.1. The van der Waals surface area contributed by atoms with E-state index in [4.69, 9.17) is 4.74 Å². The smallest absolute Gasteiger partial charge is 0.289 e. The van der Waals surface area contributed by atoms with Crippen molar-refractivity contribution in [2.45, 2.75) is 0 Å². The lowest BCUT2D eigenvalue weighted by Gasteiger charge is -2.25. The molecule has 0 saturated carbocycles. The van der Waals surface area contributed by atoms with Crippen LogP contribution >= 0.6 is 11.3 Å². The first-order chi connectivity index (χ1) is 13.5. The Hall–Kier alpha value is -3.05. The fraction of sp³-hybridized carbons (Fsp3) is 0.294. The molecule has 3 amide bonds. The standard InChI is InChI=1S/C17H18FN5O4S/c18-12-3-1-11(2-4-12)15(25)19-9-14(24)21-22-16(26)13-10-28-17(20-13)23-5-7-27-8-6-23/h1-4,10H,5-9H2,(H,19,25)(H,21,24)(H,22,26). The average molecular weight is 407 g/mol. The van der Waals surface area contributed by atoms with Gasteiger partial charge in [-0.25, -0.2) is 9.37 Å². The highest BCUT2D eigenvalue weighted by Gasteiger charge is 2.18. The molecule has 9 nitrogen and oxygen atoms in total. The van der Waals surface area contributed by atoms with Gasteiger partial charge in [-0.2, -0.15) is 0 Å². The van der Waals surface area contributed by atoms with Gasteiger partial charge in [0.05, 0.1) is 19.8 Å². The van der Waals surface area contributed by atoms with Crippen molar-refractivity contribution in [1.82, 2.24) is 21.2 Å².